The fourth-order valence-electron chi connectivity index (χ4n) is 2.24. The van der Waals surface area contributed by atoms with Crippen LogP contribution in [0.2, 0.25) is 0 Å². The van der Waals surface area contributed by atoms with E-state index in [1.807, 2.05) is 25.1 Å². The number of nitrogens with zero attached hydrogens (tertiary/aromatic N) is 2. The molecule has 1 N–H and O–H groups in total. The van der Waals surface area contributed by atoms with Crippen LogP contribution in [0.3, 0.4) is 0 Å². The average Bonchev–Trinajstić information content (AvgIpc) is 2.53. The summed E-state index contributed by atoms with van der Waals surface area (Å²) in [4.78, 5) is 29.5. The second-order valence-electron chi connectivity index (χ2n) is 5.16. The predicted octanol–water partition coefficient (Wildman–Crippen LogP) is 3.31. The van der Waals surface area contributed by atoms with Crippen molar-refractivity contribution in [3.63, 3.8) is 0 Å². The summed E-state index contributed by atoms with van der Waals surface area (Å²) in [7, 11) is 0. The zero-order valence-electron chi connectivity index (χ0n) is 12.3. The standard InChI is InChI=1S/C17H13N3O3/c1-11-5-7-14-16(9-11)19-17(21)15(18-14)8-6-12-3-2-4-13(10-12)20(22)23/h2-10H,1H3,(H,19,21)/b8-6+. The van der Waals surface area contributed by atoms with E-state index in [-0.39, 0.29) is 16.9 Å². The average molecular weight is 307 g/mol. The molecule has 2 aromatic carbocycles. The number of nitro benzene ring substituents is 1. The number of aromatic amines is 1. The molecule has 0 amide bonds. The summed E-state index contributed by atoms with van der Waals surface area (Å²) in [6.45, 7) is 1.94. The molecule has 0 atom stereocenters. The summed E-state index contributed by atoms with van der Waals surface area (Å²) in [5.74, 6) is 0. The smallest absolute Gasteiger partial charge is 0.274 e. The molecule has 23 heavy (non-hydrogen) atoms. The molecule has 0 fully saturated rings. The van der Waals surface area contributed by atoms with Gasteiger partial charge in [-0.15, -0.1) is 0 Å². The Morgan fingerprint density at radius 1 is 1.17 bits per heavy atom. The van der Waals surface area contributed by atoms with E-state index in [4.69, 9.17) is 0 Å². The Bertz CT molecular complexity index is 990. The normalized spacial score (nSPS) is 11.2. The first kappa shape index (κ1) is 14.6. The third kappa shape index (κ3) is 3.16. The van der Waals surface area contributed by atoms with E-state index in [1.54, 1.807) is 24.3 Å². The SMILES string of the molecule is Cc1ccc2nc(/C=C/c3cccc([N+](=O)[O-])c3)c(=O)[nH]c2c1. The molecule has 0 bridgehead atoms. The molecule has 6 heteroatoms. The number of hydrogen-bond donors (Lipinski definition) is 1. The van der Waals surface area contributed by atoms with E-state index >= 15 is 0 Å². The maximum atomic E-state index is 12.1. The molecule has 0 saturated carbocycles. The first-order chi connectivity index (χ1) is 11.0. The lowest BCUT2D eigenvalue weighted by Crippen LogP contribution is -2.11. The zero-order chi connectivity index (χ0) is 16.4. The number of nitrogens with one attached hydrogen (secondary N) is 1. The van der Waals surface area contributed by atoms with E-state index in [9.17, 15) is 14.9 Å². The zero-order valence-corrected chi connectivity index (χ0v) is 12.3. The Morgan fingerprint density at radius 3 is 2.78 bits per heavy atom. The van der Waals surface area contributed by atoms with Crippen molar-refractivity contribution in [1.82, 2.24) is 9.97 Å². The molecule has 0 spiro atoms. The summed E-state index contributed by atoms with van der Waals surface area (Å²) in [6.07, 6.45) is 3.18. The van der Waals surface area contributed by atoms with Gasteiger partial charge >= 0.3 is 0 Å². The number of nitro groups is 1. The Balaban J connectivity index is 1.99. The van der Waals surface area contributed by atoms with E-state index in [2.05, 4.69) is 9.97 Å². The van der Waals surface area contributed by atoms with Crippen molar-refractivity contribution in [3.8, 4) is 0 Å². The van der Waals surface area contributed by atoms with E-state index in [0.29, 0.717) is 16.6 Å². The molecule has 3 rings (SSSR count). The number of aromatic nitrogens is 2. The van der Waals surface area contributed by atoms with Gasteiger partial charge in [0.15, 0.2) is 0 Å². The highest BCUT2D eigenvalue weighted by Crippen LogP contribution is 2.15. The first-order valence-electron chi connectivity index (χ1n) is 6.96. The van der Waals surface area contributed by atoms with E-state index < -0.39 is 4.92 Å². The van der Waals surface area contributed by atoms with Gasteiger partial charge in [0.2, 0.25) is 0 Å². The fourth-order valence-corrected chi connectivity index (χ4v) is 2.24. The van der Waals surface area contributed by atoms with Crippen molar-refractivity contribution in [2.45, 2.75) is 6.92 Å². The van der Waals surface area contributed by atoms with Crippen LogP contribution < -0.4 is 5.56 Å². The minimum absolute atomic E-state index is 0.00278. The summed E-state index contributed by atoms with van der Waals surface area (Å²) >= 11 is 0. The third-order valence-electron chi connectivity index (χ3n) is 3.39. The molecule has 1 heterocycles. The van der Waals surface area contributed by atoms with Gasteiger partial charge in [0.1, 0.15) is 5.69 Å². The van der Waals surface area contributed by atoms with Gasteiger partial charge in [-0.1, -0.05) is 24.3 Å². The van der Waals surface area contributed by atoms with Crippen LogP contribution in [0.5, 0.6) is 0 Å². The fraction of sp³-hybridized carbons (Fsp3) is 0.0588. The van der Waals surface area contributed by atoms with Crippen LogP contribution >= 0.6 is 0 Å². The Kier molecular flexibility index (Phi) is 3.72. The Labute approximate surface area is 131 Å². The van der Waals surface area contributed by atoms with Crippen LogP contribution in [0, 0.1) is 17.0 Å². The minimum atomic E-state index is -0.458. The van der Waals surface area contributed by atoms with Crippen molar-refractivity contribution >= 4 is 28.9 Å². The van der Waals surface area contributed by atoms with Crippen molar-refractivity contribution in [2.24, 2.45) is 0 Å². The van der Waals surface area contributed by atoms with Crippen LogP contribution in [0.25, 0.3) is 23.2 Å². The number of hydrogen-bond acceptors (Lipinski definition) is 4. The highest BCUT2D eigenvalue weighted by molar-refractivity contribution is 5.77. The van der Waals surface area contributed by atoms with Crippen molar-refractivity contribution < 1.29 is 4.92 Å². The van der Waals surface area contributed by atoms with Gasteiger partial charge in [-0.3, -0.25) is 14.9 Å². The van der Waals surface area contributed by atoms with Crippen LogP contribution in [0.1, 0.15) is 16.8 Å². The van der Waals surface area contributed by atoms with Crippen LogP contribution in [-0.2, 0) is 0 Å². The van der Waals surface area contributed by atoms with Crippen LogP contribution in [-0.4, -0.2) is 14.9 Å². The second-order valence-corrected chi connectivity index (χ2v) is 5.16. The number of H-pyrrole nitrogens is 1. The third-order valence-corrected chi connectivity index (χ3v) is 3.39. The molecule has 0 radical (unpaired) electrons. The topological polar surface area (TPSA) is 88.9 Å². The molecular weight excluding hydrogens is 294 g/mol. The van der Waals surface area contributed by atoms with Crippen molar-refractivity contribution in [1.29, 1.82) is 0 Å². The quantitative estimate of drug-likeness (QED) is 0.594. The summed E-state index contributed by atoms with van der Waals surface area (Å²) in [5.41, 5.74) is 3.00. The van der Waals surface area contributed by atoms with Gasteiger partial charge in [0.05, 0.1) is 16.0 Å². The van der Waals surface area contributed by atoms with Gasteiger partial charge < -0.3 is 4.98 Å². The van der Waals surface area contributed by atoms with Crippen molar-refractivity contribution in [3.05, 3.63) is 79.8 Å². The minimum Gasteiger partial charge on any atom is -0.319 e. The lowest BCUT2D eigenvalue weighted by molar-refractivity contribution is -0.384. The lowest BCUT2D eigenvalue weighted by Gasteiger charge is -2.00. The monoisotopic (exact) mass is 307 g/mol. The summed E-state index contributed by atoms with van der Waals surface area (Å²) in [5, 5.41) is 10.8. The molecule has 3 aromatic rings. The van der Waals surface area contributed by atoms with Gasteiger partial charge in [-0.05, 0) is 36.3 Å². The molecule has 1 aromatic heterocycles. The Morgan fingerprint density at radius 2 is 2.00 bits per heavy atom. The number of benzene rings is 2. The molecule has 0 aliphatic rings. The highest BCUT2D eigenvalue weighted by atomic mass is 16.6. The Hall–Kier alpha value is -3.28. The molecule has 114 valence electrons. The summed E-state index contributed by atoms with van der Waals surface area (Å²) < 4.78 is 0. The number of aryl methyl sites for hydroxylation is 1. The molecular formula is C17H13N3O3. The molecule has 0 aliphatic heterocycles. The highest BCUT2D eigenvalue weighted by Gasteiger charge is 2.05. The largest absolute Gasteiger partial charge is 0.319 e. The molecule has 0 aliphatic carbocycles. The van der Waals surface area contributed by atoms with Crippen molar-refractivity contribution in [2.75, 3.05) is 0 Å². The van der Waals surface area contributed by atoms with E-state index in [1.165, 1.54) is 12.1 Å². The van der Waals surface area contributed by atoms with Gasteiger partial charge in [0.25, 0.3) is 11.2 Å². The van der Waals surface area contributed by atoms with E-state index in [0.717, 1.165) is 5.56 Å². The predicted molar refractivity (Wildman–Crippen MR) is 89.1 cm³/mol. The maximum Gasteiger partial charge on any atom is 0.274 e. The molecule has 6 nitrogen and oxygen atoms in total. The molecule has 0 saturated heterocycles. The number of fused-ring (bicyclic) bond motifs is 1. The summed E-state index contributed by atoms with van der Waals surface area (Å²) in [6, 6.07) is 11.8. The van der Waals surface area contributed by atoms with Gasteiger partial charge in [-0.2, -0.15) is 0 Å². The molecule has 0 unspecified atom stereocenters. The maximum absolute atomic E-state index is 12.1. The van der Waals surface area contributed by atoms with Gasteiger partial charge in [0, 0.05) is 12.1 Å². The van der Waals surface area contributed by atoms with Gasteiger partial charge in [-0.25, -0.2) is 4.98 Å². The lowest BCUT2D eigenvalue weighted by atomic mass is 10.1. The number of non-ortho nitro benzene ring substituents is 1. The second kappa shape index (κ2) is 5.84. The first-order valence-corrected chi connectivity index (χ1v) is 6.96. The van der Waals surface area contributed by atoms with Crippen LogP contribution in [0.4, 0.5) is 5.69 Å². The van der Waals surface area contributed by atoms with Crippen LogP contribution in [0.15, 0.2) is 47.3 Å². The number of rotatable bonds is 3.